The fourth-order valence-corrected chi connectivity index (χ4v) is 3.22. The number of carbonyl (C=O) groups is 1. The summed E-state index contributed by atoms with van der Waals surface area (Å²) in [6.45, 7) is 4.06. The van der Waals surface area contributed by atoms with E-state index in [0.29, 0.717) is 18.8 Å². The number of aliphatic hydroxyl groups excluding tert-OH is 1. The summed E-state index contributed by atoms with van der Waals surface area (Å²) >= 11 is 0. The van der Waals surface area contributed by atoms with Crippen LogP contribution in [0.15, 0.2) is 30.5 Å². The number of hydrogen-bond donors (Lipinski definition) is 2. The normalized spacial score (nSPS) is 21.1. The van der Waals surface area contributed by atoms with E-state index in [4.69, 9.17) is 0 Å². The molecule has 0 radical (unpaired) electrons. The summed E-state index contributed by atoms with van der Waals surface area (Å²) in [5, 5.41) is 16.9. The van der Waals surface area contributed by atoms with E-state index in [-0.39, 0.29) is 24.5 Å². The van der Waals surface area contributed by atoms with E-state index in [2.05, 4.69) is 20.3 Å². The van der Waals surface area contributed by atoms with Gasteiger partial charge in [0.1, 0.15) is 5.69 Å². The van der Waals surface area contributed by atoms with Crippen molar-refractivity contribution in [2.75, 3.05) is 19.7 Å². The Hall–Kier alpha value is -2.25. The third-order valence-corrected chi connectivity index (χ3v) is 4.41. The first-order chi connectivity index (χ1) is 11.6. The first kappa shape index (κ1) is 16.6. The van der Waals surface area contributed by atoms with Crippen molar-refractivity contribution in [1.82, 2.24) is 25.0 Å². The lowest BCUT2D eigenvalue weighted by atomic mass is 10.1. The molecule has 7 heteroatoms. The van der Waals surface area contributed by atoms with E-state index in [0.717, 1.165) is 17.9 Å². The molecule has 2 atom stereocenters. The van der Waals surface area contributed by atoms with Crippen molar-refractivity contribution < 1.29 is 9.90 Å². The summed E-state index contributed by atoms with van der Waals surface area (Å²) in [6.07, 6.45) is 1.78. The highest BCUT2D eigenvalue weighted by Crippen LogP contribution is 2.19. The zero-order chi connectivity index (χ0) is 17.1. The monoisotopic (exact) mass is 329 g/mol. The van der Waals surface area contributed by atoms with Crippen molar-refractivity contribution in [2.45, 2.75) is 19.5 Å². The van der Waals surface area contributed by atoms with Gasteiger partial charge in [-0.1, -0.05) is 6.07 Å². The van der Waals surface area contributed by atoms with Crippen molar-refractivity contribution in [3.05, 3.63) is 47.5 Å². The molecular weight excluding hydrogens is 306 g/mol. The molecule has 1 fully saturated rings. The highest BCUT2D eigenvalue weighted by Gasteiger charge is 2.34. The van der Waals surface area contributed by atoms with Gasteiger partial charge in [-0.25, -0.2) is 0 Å². The smallest absolute Gasteiger partial charge is 0.269 e. The number of aromatic nitrogens is 3. The summed E-state index contributed by atoms with van der Waals surface area (Å²) in [7, 11) is 1.76. The standard InChI is InChI=1S/C17H23N5O2/c1-12-7-16(21(2)20-12)17(24)19-15-10-22(8-13(15)11-23)9-14-5-3-4-6-18-14/h3-7,13,15,23H,8-11H2,1-2H3,(H,19,24). The van der Waals surface area contributed by atoms with Crippen LogP contribution in [0, 0.1) is 12.8 Å². The van der Waals surface area contributed by atoms with Gasteiger partial charge >= 0.3 is 0 Å². The van der Waals surface area contributed by atoms with E-state index < -0.39 is 0 Å². The number of aryl methyl sites for hydroxylation is 2. The predicted octanol–water partition coefficient (Wildman–Crippen LogP) is 0.346. The van der Waals surface area contributed by atoms with Gasteiger partial charge in [-0.2, -0.15) is 5.10 Å². The minimum atomic E-state index is -0.152. The number of nitrogens with one attached hydrogen (secondary N) is 1. The third kappa shape index (κ3) is 3.63. The Kier molecular flexibility index (Phi) is 4.92. The molecule has 24 heavy (non-hydrogen) atoms. The maximum Gasteiger partial charge on any atom is 0.269 e. The summed E-state index contributed by atoms with van der Waals surface area (Å²) < 4.78 is 1.58. The molecule has 3 heterocycles. The molecule has 1 aliphatic rings. The minimum Gasteiger partial charge on any atom is -0.396 e. The van der Waals surface area contributed by atoms with E-state index >= 15 is 0 Å². The predicted molar refractivity (Wildman–Crippen MR) is 89.3 cm³/mol. The lowest BCUT2D eigenvalue weighted by Crippen LogP contribution is -2.42. The Morgan fingerprint density at radius 2 is 2.25 bits per heavy atom. The van der Waals surface area contributed by atoms with E-state index in [1.807, 2.05) is 25.1 Å². The fraction of sp³-hybridized carbons (Fsp3) is 0.471. The van der Waals surface area contributed by atoms with Gasteiger partial charge in [-0.3, -0.25) is 19.4 Å². The molecule has 1 aliphatic heterocycles. The number of nitrogens with zero attached hydrogens (tertiary/aromatic N) is 4. The van der Waals surface area contributed by atoms with Crippen LogP contribution in [0.2, 0.25) is 0 Å². The topological polar surface area (TPSA) is 83.3 Å². The second-order valence-corrected chi connectivity index (χ2v) is 6.33. The van der Waals surface area contributed by atoms with Crippen molar-refractivity contribution in [3.8, 4) is 0 Å². The summed E-state index contributed by atoms with van der Waals surface area (Å²) in [5.41, 5.74) is 2.33. The molecule has 0 aliphatic carbocycles. The molecule has 2 aromatic heterocycles. The highest BCUT2D eigenvalue weighted by atomic mass is 16.3. The van der Waals surface area contributed by atoms with Gasteiger partial charge < -0.3 is 10.4 Å². The number of rotatable bonds is 5. The van der Waals surface area contributed by atoms with Crippen LogP contribution in [0.1, 0.15) is 21.9 Å². The first-order valence-electron chi connectivity index (χ1n) is 8.11. The molecule has 2 aromatic rings. The Morgan fingerprint density at radius 1 is 1.42 bits per heavy atom. The molecule has 2 unspecified atom stereocenters. The number of aliphatic hydroxyl groups is 1. The van der Waals surface area contributed by atoms with Gasteiger partial charge in [-0.15, -0.1) is 0 Å². The first-order valence-corrected chi connectivity index (χ1v) is 8.11. The van der Waals surface area contributed by atoms with Gasteiger partial charge in [-0.05, 0) is 25.1 Å². The molecule has 2 N–H and O–H groups in total. The van der Waals surface area contributed by atoms with Crippen LogP contribution in [0.4, 0.5) is 0 Å². The van der Waals surface area contributed by atoms with Gasteiger partial charge in [0.25, 0.3) is 5.91 Å². The summed E-state index contributed by atoms with van der Waals surface area (Å²) in [4.78, 5) is 19.0. The number of amides is 1. The van der Waals surface area contributed by atoms with Crippen LogP contribution in [0.25, 0.3) is 0 Å². The zero-order valence-corrected chi connectivity index (χ0v) is 14.0. The molecule has 128 valence electrons. The molecule has 0 spiro atoms. The zero-order valence-electron chi connectivity index (χ0n) is 14.0. The third-order valence-electron chi connectivity index (χ3n) is 4.41. The molecule has 1 amide bonds. The van der Waals surface area contributed by atoms with Crippen molar-refractivity contribution in [1.29, 1.82) is 0 Å². The Balaban J connectivity index is 1.64. The average molecular weight is 329 g/mol. The minimum absolute atomic E-state index is 0.0204. The quantitative estimate of drug-likeness (QED) is 0.827. The van der Waals surface area contributed by atoms with Crippen molar-refractivity contribution in [3.63, 3.8) is 0 Å². The van der Waals surface area contributed by atoms with Crippen LogP contribution in [0.3, 0.4) is 0 Å². The van der Waals surface area contributed by atoms with Crippen LogP contribution < -0.4 is 5.32 Å². The summed E-state index contributed by atoms with van der Waals surface area (Å²) in [5.74, 6) is -0.131. The molecular formula is C17H23N5O2. The maximum absolute atomic E-state index is 12.5. The van der Waals surface area contributed by atoms with Crippen molar-refractivity contribution >= 4 is 5.91 Å². The largest absolute Gasteiger partial charge is 0.396 e. The molecule has 3 rings (SSSR count). The number of likely N-dealkylation sites (tertiary alicyclic amines) is 1. The molecule has 1 saturated heterocycles. The highest BCUT2D eigenvalue weighted by molar-refractivity contribution is 5.92. The van der Waals surface area contributed by atoms with Gasteiger partial charge in [0.15, 0.2) is 0 Å². The lowest BCUT2D eigenvalue weighted by molar-refractivity contribution is 0.0911. The number of pyridine rings is 1. The Labute approximate surface area is 141 Å². The van der Waals surface area contributed by atoms with E-state index in [1.54, 1.807) is 24.0 Å². The van der Waals surface area contributed by atoms with Crippen LogP contribution in [0.5, 0.6) is 0 Å². The maximum atomic E-state index is 12.5. The van der Waals surface area contributed by atoms with E-state index in [9.17, 15) is 9.90 Å². The van der Waals surface area contributed by atoms with Crippen LogP contribution in [-0.2, 0) is 13.6 Å². The van der Waals surface area contributed by atoms with Gasteiger partial charge in [0.2, 0.25) is 0 Å². The second kappa shape index (κ2) is 7.11. The SMILES string of the molecule is Cc1cc(C(=O)NC2CN(Cc3ccccn3)CC2CO)n(C)n1. The molecule has 0 aromatic carbocycles. The van der Waals surface area contributed by atoms with Crippen LogP contribution in [-0.4, -0.2) is 56.4 Å². The van der Waals surface area contributed by atoms with Gasteiger partial charge in [0, 0.05) is 51.4 Å². The molecule has 0 saturated carbocycles. The average Bonchev–Trinajstić information content (AvgIpc) is 3.10. The Morgan fingerprint density at radius 3 is 2.88 bits per heavy atom. The Bertz CT molecular complexity index is 700. The van der Waals surface area contributed by atoms with E-state index in [1.165, 1.54) is 0 Å². The van der Waals surface area contributed by atoms with Crippen molar-refractivity contribution in [2.24, 2.45) is 13.0 Å². The second-order valence-electron chi connectivity index (χ2n) is 6.33. The van der Waals surface area contributed by atoms with Gasteiger partial charge in [0.05, 0.1) is 11.4 Å². The number of hydrogen-bond acceptors (Lipinski definition) is 5. The van der Waals surface area contributed by atoms with Crippen LogP contribution >= 0.6 is 0 Å². The number of carbonyl (C=O) groups excluding carboxylic acids is 1. The molecule has 0 bridgehead atoms. The molecule has 7 nitrogen and oxygen atoms in total. The summed E-state index contributed by atoms with van der Waals surface area (Å²) in [6, 6.07) is 7.53. The fourth-order valence-electron chi connectivity index (χ4n) is 3.22. The lowest BCUT2D eigenvalue weighted by Gasteiger charge is -2.18.